The molecule has 1 N–H and O–H groups in total. The summed E-state index contributed by atoms with van der Waals surface area (Å²) in [6.45, 7) is 5.82. The minimum atomic E-state index is -0.369. The predicted molar refractivity (Wildman–Crippen MR) is 80.8 cm³/mol. The Morgan fingerprint density at radius 1 is 1.29 bits per heavy atom. The first kappa shape index (κ1) is 16.3. The molecule has 0 bridgehead atoms. The highest BCUT2D eigenvalue weighted by atomic mass is 16.5. The van der Waals surface area contributed by atoms with Crippen LogP contribution >= 0.6 is 0 Å². The standard InChI is InChI=1S/C16H28N2O3/c1-12(2)11-14-16(20)18(8-7-15(19)17-14)9-10-21-13-5-3-4-6-13/h12-14H,3-11H2,1-2H3,(H,17,19). The van der Waals surface area contributed by atoms with E-state index in [9.17, 15) is 9.59 Å². The van der Waals surface area contributed by atoms with Gasteiger partial charge in [-0.2, -0.15) is 0 Å². The number of nitrogens with zero attached hydrogens (tertiary/aromatic N) is 1. The van der Waals surface area contributed by atoms with Crippen molar-refractivity contribution < 1.29 is 14.3 Å². The molecule has 2 aliphatic rings. The quantitative estimate of drug-likeness (QED) is 0.812. The lowest BCUT2D eigenvalue weighted by molar-refractivity contribution is -0.134. The molecule has 1 saturated heterocycles. The molecular weight excluding hydrogens is 268 g/mol. The summed E-state index contributed by atoms with van der Waals surface area (Å²) in [7, 11) is 0. The maximum Gasteiger partial charge on any atom is 0.245 e. The number of rotatable bonds is 6. The first-order valence-electron chi connectivity index (χ1n) is 8.26. The molecular formula is C16H28N2O3. The smallest absolute Gasteiger partial charge is 0.245 e. The predicted octanol–water partition coefficient (Wildman–Crippen LogP) is 1.71. The van der Waals surface area contributed by atoms with Gasteiger partial charge in [0.1, 0.15) is 6.04 Å². The first-order chi connectivity index (χ1) is 10.1. The van der Waals surface area contributed by atoms with Crippen molar-refractivity contribution in [3.05, 3.63) is 0 Å². The summed E-state index contributed by atoms with van der Waals surface area (Å²) in [6, 6.07) is -0.369. The van der Waals surface area contributed by atoms with Crippen LogP contribution in [0.4, 0.5) is 0 Å². The zero-order valence-electron chi connectivity index (χ0n) is 13.3. The van der Waals surface area contributed by atoms with Crippen molar-refractivity contribution in [3.8, 4) is 0 Å². The number of ether oxygens (including phenoxy) is 1. The van der Waals surface area contributed by atoms with Gasteiger partial charge in [0, 0.05) is 19.5 Å². The van der Waals surface area contributed by atoms with E-state index >= 15 is 0 Å². The fourth-order valence-corrected chi connectivity index (χ4v) is 3.13. The van der Waals surface area contributed by atoms with Crippen LogP contribution in [0.25, 0.3) is 0 Å². The van der Waals surface area contributed by atoms with Crippen LogP contribution in [-0.2, 0) is 14.3 Å². The lowest BCUT2D eigenvalue weighted by Gasteiger charge is -2.25. The molecule has 1 heterocycles. The van der Waals surface area contributed by atoms with Crippen LogP contribution in [0, 0.1) is 5.92 Å². The molecule has 5 heteroatoms. The highest BCUT2D eigenvalue weighted by molar-refractivity contribution is 5.89. The maximum atomic E-state index is 12.5. The van der Waals surface area contributed by atoms with E-state index in [4.69, 9.17) is 4.74 Å². The van der Waals surface area contributed by atoms with Crippen LogP contribution in [0.15, 0.2) is 0 Å². The second-order valence-electron chi connectivity index (χ2n) is 6.60. The highest BCUT2D eigenvalue weighted by Gasteiger charge is 2.30. The molecule has 1 saturated carbocycles. The molecule has 5 nitrogen and oxygen atoms in total. The van der Waals surface area contributed by atoms with Crippen molar-refractivity contribution in [1.82, 2.24) is 10.2 Å². The van der Waals surface area contributed by atoms with Gasteiger partial charge in [-0.05, 0) is 25.2 Å². The van der Waals surface area contributed by atoms with Gasteiger partial charge < -0.3 is 15.0 Å². The van der Waals surface area contributed by atoms with E-state index < -0.39 is 0 Å². The van der Waals surface area contributed by atoms with Gasteiger partial charge in [0.2, 0.25) is 11.8 Å². The molecule has 0 aromatic heterocycles. The Kier molecular flexibility index (Phi) is 6.03. The topological polar surface area (TPSA) is 58.6 Å². The van der Waals surface area contributed by atoms with E-state index in [0.29, 0.717) is 44.6 Å². The number of nitrogens with one attached hydrogen (secondary N) is 1. The minimum absolute atomic E-state index is 0.0202. The molecule has 1 aliphatic heterocycles. The van der Waals surface area contributed by atoms with Crippen molar-refractivity contribution in [2.75, 3.05) is 19.7 Å². The van der Waals surface area contributed by atoms with Gasteiger partial charge in [-0.3, -0.25) is 9.59 Å². The molecule has 0 aromatic rings. The van der Waals surface area contributed by atoms with Crippen LogP contribution in [-0.4, -0.2) is 48.6 Å². The Labute approximate surface area is 127 Å². The van der Waals surface area contributed by atoms with Crippen molar-refractivity contribution in [1.29, 1.82) is 0 Å². The van der Waals surface area contributed by atoms with E-state index in [0.717, 1.165) is 12.8 Å². The Hall–Kier alpha value is -1.10. The number of amides is 2. The lowest BCUT2D eigenvalue weighted by Crippen LogP contribution is -2.46. The SMILES string of the molecule is CC(C)CC1NC(=O)CCN(CCOC2CCCC2)C1=O. The average Bonchev–Trinajstić information content (AvgIpc) is 2.89. The summed E-state index contributed by atoms with van der Waals surface area (Å²) < 4.78 is 5.84. The third-order valence-corrected chi connectivity index (χ3v) is 4.28. The zero-order valence-corrected chi connectivity index (χ0v) is 13.3. The molecule has 0 spiro atoms. The van der Waals surface area contributed by atoms with E-state index in [1.165, 1.54) is 12.8 Å². The van der Waals surface area contributed by atoms with Crippen LogP contribution < -0.4 is 5.32 Å². The van der Waals surface area contributed by atoms with Gasteiger partial charge in [-0.15, -0.1) is 0 Å². The molecule has 21 heavy (non-hydrogen) atoms. The third kappa shape index (κ3) is 4.99. The molecule has 2 rings (SSSR count). The first-order valence-corrected chi connectivity index (χ1v) is 8.26. The number of hydrogen-bond acceptors (Lipinski definition) is 3. The highest BCUT2D eigenvalue weighted by Crippen LogP contribution is 2.21. The molecule has 0 aromatic carbocycles. The van der Waals surface area contributed by atoms with E-state index in [1.807, 2.05) is 0 Å². The molecule has 0 radical (unpaired) electrons. The van der Waals surface area contributed by atoms with E-state index in [2.05, 4.69) is 19.2 Å². The number of carbonyl (C=O) groups excluding carboxylic acids is 2. The summed E-state index contributed by atoms with van der Waals surface area (Å²) in [5.41, 5.74) is 0. The van der Waals surface area contributed by atoms with Crippen LogP contribution in [0.2, 0.25) is 0 Å². The largest absolute Gasteiger partial charge is 0.376 e. The summed E-state index contributed by atoms with van der Waals surface area (Å²) in [5.74, 6) is 0.409. The van der Waals surface area contributed by atoms with Crippen molar-refractivity contribution in [3.63, 3.8) is 0 Å². The lowest BCUT2D eigenvalue weighted by atomic mass is 10.0. The third-order valence-electron chi connectivity index (χ3n) is 4.28. The second-order valence-corrected chi connectivity index (χ2v) is 6.60. The van der Waals surface area contributed by atoms with Gasteiger partial charge in [0.15, 0.2) is 0 Å². The van der Waals surface area contributed by atoms with Gasteiger partial charge in [0.25, 0.3) is 0 Å². The summed E-state index contributed by atoms with van der Waals surface area (Å²) in [6.07, 6.45) is 6.26. The monoisotopic (exact) mass is 296 g/mol. The van der Waals surface area contributed by atoms with Gasteiger partial charge in [0.05, 0.1) is 12.7 Å². The Morgan fingerprint density at radius 3 is 2.67 bits per heavy atom. The Balaban J connectivity index is 1.84. The summed E-state index contributed by atoms with van der Waals surface area (Å²) in [5, 5.41) is 2.85. The van der Waals surface area contributed by atoms with Crippen molar-refractivity contribution >= 4 is 11.8 Å². The molecule has 2 amide bonds. The van der Waals surface area contributed by atoms with Crippen molar-refractivity contribution in [2.45, 2.75) is 64.5 Å². The average molecular weight is 296 g/mol. The Morgan fingerprint density at radius 2 is 2.00 bits per heavy atom. The number of hydrogen-bond donors (Lipinski definition) is 1. The fraction of sp³-hybridized carbons (Fsp3) is 0.875. The zero-order chi connectivity index (χ0) is 15.2. The van der Waals surface area contributed by atoms with Crippen LogP contribution in [0.3, 0.4) is 0 Å². The second kappa shape index (κ2) is 7.78. The molecule has 120 valence electrons. The summed E-state index contributed by atoms with van der Waals surface area (Å²) >= 11 is 0. The Bertz CT molecular complexity index is 365. The maximum absolute atomic E-state index is 12.5. The molecule has 1 unspecified atom stereocenters. The van der Waals surface area contributed by atoms with Crippen LogP contribution in [0.1, 0.15) is 52.4 Å². The van der Waals surface area contributed by atoms with Crippen molar-refractivity contribution in [2.24, 2.45) is 5.92 Å². The van der Waals surface area contributed by atoms with Gasteiger partial charge >= 0.3 is 0 Å². The fourth-order valence-electron chi connectivity index (χ4n) is 3.13. The van der Waals surface area contributed by atoms with Gasteiger partial charge in [-0.1, -0.05) is 26.7 Å². The minimum Gasteiger partial charge on any atom is -0.376 e. The normalized spacial score (nSPS) is 24.5. The summed E-state index contributed by atoms with van der Waals surface area (Å²) in [4.78, 5) is 26.0. The van der Waals surface area contributed by atoms with Crippen LogP contribution in [0.5, 0.6) is 0 Å². The molecule has 2 fully saturated rings. The van der Waals surface area contributed by atoms with E-state index in [-0.39, 0.29) is 17.9 Å². The number of carbonyl (C=O) groups is 2. The molecule has 1 aliphatic carbocycles. The van der Waals surface area contributed by atoms with Gasteiger partial charge in [-0.25, -0.2) is 0 Å². The molecule has 1 atom stereocenters. The van der Waals surface area contributed by atoms with E-state index in [1.54, 1.807) is 4.90 Å².